The van der Waals surface area contributed by atoms with E-state index in [4.69, 9.17) is 28.3 Å². The Balaban J connectivity index is 2.88. The van der Waals surface area contributed by atoms with Gasteiger partial charge in [0.1, 0.15) is 5.69 Å². The van der Waals surface area contributed by atoms with Gasteiger partial charge >= 0.3 is 5.97 Å². The minimum absolute atomic E-state index is 0.147. The lowest BCUT2D eigenvalue weighted by Gasteiger charge is -1.96. The summed E-state index contributed by atoms with van der Waals surface area (Å²) in [7, 11) is 0. The van der Waals surface area contributed by atoms with Gasteiger partial charge in [-0.15, -0.1) is 0 Å². The van der Waals surface area contributed by atoms with E-state index in [9.17, 15) is 4.79 Å². The van der Waals surface area contributed by atoms with Crippen LogP contribution < -0.4 is 0 Å². The molecule has 15 heavy (non-hydrogen) atoms. The Labute approximate surface area is 95.6 Å². The number of carboxylic acids is 1. The molecular formula is C10H7Cl2NO2. The Morgan fingerprint density at radius 3 is 2.67 bits per heavy atom. The number of rotatable bonds is 1. The quantitative estimate of drug-likeness (QED) is 0.806. The summed E-state index contributed by atoms with van der Waals surface area (Å²) in [5.41, 5.74) is 1.38. The van der Waals surface area contributed by atoms with Gasteiger partial charge in [-0.1, -0.05) is 29.3 Å². The summed E-state index contributed by atoms with van der Waals surface area (Å²) in [5.74, 6) is -1.00. The van der Waals surface area contributed by atoms with E-state index < -0.39 is 5.97 Å². The van der Waals surface area contributed by atoms with Gasteiger partial charge in [0, 0.05) is 5.39 Å². The number of aryl methyl sites for hydroxylation is 1. The molecule has 2 N–H and O–H groups in total. The van der Waals surface area contributed by atoms with Gasteiger partial charge in [0.25, 0.3) is 0 Å². The van der Waals surface area contributed by atoms with Crippen molar-refractivity contribution in [3.63, 3.8) is 0 Å². The maximum absolute atomic E-state index is 10.9. The minimum atomic E-state index is -1.00. The van der Waals surface area contributed by atoms with Crippen LogP contribution >= 0.6 is 23.2 Å². The predicted molar refractivity (Wildman–Crippen MR) is 60.0 cm³/mol. The molecule has 0 bridgehead atoms. The fourth-order valence-electron chi connectivity index (χ4n) is 1.55. The molecule has 0 saturated carbocycles. The molecule has 0 radical (unpaired) electrons. The molecule has 0 aliphatic heterocycles. The average Bonchev–Trinajstić information content (AvgIpc) is 2.51. The fraction of sp³-hybridized carbons (Fsp3) is 0.100. The van der Waals surface area contributed by atoms with E-state index in [-0.39, 0.29) is 5.69 Å². The predicted octanol–water partition coefficient (Wildman–Crippen LogP) is 3.48. The SMILES string of the molecule is Cc1c(C(=O)O)[nH]c2c(Cl)c(Cl)ccc12. The van der Waals surface area contributed by atoms with Crippen LogP contribution in [-0.2, 0) is 0 Å². The highest BCUT2D eigenvalue weighted by Crippen LogP contribution is 2.32. The van der Waals surface area contributed by atoms with Crippen molar-refractivity contribution in [2.75, 3.05) is 0 Å². The van der Waals surface area contributed by atoms with Gasteiger partial charge in [-0.3, -0.25) is 0 Å². The average molecular weight is 244 g/mol. The van der Waals surface area contributed by atoms with Crippen LogP contribution in [0.15, 0.2) is 12.1 Å². The summed E-state index contributed by atoms with van der Waals surface area (Å²) in [6.07, 6.45) is 0. The van der Waals surface area contributed by atoms with E-state index in [1.54, 1.807) is 19.1 Å². The van der Waals surface area contributed by atoms with Crippen LogP contribution in [0.3, 0.4) is 0 Å². The normalized spacial score (nSPS) is 10.9. The number of aromatic nitrogens is 1. The maximum atomic E-state index is 10.9. The van der Waals surface area contributed by atoms with E-state index in [1.165, 1.54) is 0 Å². The summed E-state index contributed by atoms with van der Waals surface area (Å²) in [6.45, 7) is 1.73. The smallest absolute Gasteiger partial charge is 0.352 e. The summed E-state index contributed by atoms with van der Waals surface area (Å²) in [4.78, 5) is 13.6. The zero-order valence-electron chi connectivity index (χ0n) is 7.77. The first kappa shape index (κ1) is 10.3. The molecule has 0 fully saturated rings. The van der Waals surface area contributed by atoms with Crippen LogP contribution in [0.4, 0.5) is 0 Å². The third kappa shape index (κ3) is 1.48. The molecule has 3 nitrogen and oxygen atoms in total. The van der Waals surface area contributed by atoms with Crippen LogP contribution in [0.1, 0.15) is 16.1 Å². The van der Waals surface area contributed by atoms with Crippen molar-refractivity contribution >= 4 is 40.1 Å². The molecule has 0 aliphatic rings. The van der Waals surface area contributed by atoms with Gasteiger partial charge in [0.15, 0.2) is 0 Å². The Morgan fingerprint density at radius 1 is 1.40 bits per heavy atom. The van der Waals surface area contributed by atoms with Crippen molar-refractivity contribution in [1.29, 1.82) is 0 Å². The molecule has 1 aromatic carbocycles. The lowest BCUT2D eigenvalue weighted by Crippen LogP contribution is -1.98. The highest BCUT2D eigenvalue weighted by atomic mass is 35.5. The van der Waals surface area contributed by atoms with Crippen molar-refractivity contribution in [3.8, 4) is 0 Å². The number of benzene rings is 1. The van der Waals surface area contributed by atoms with Crippen molar-refractivity contribution in [2.45, 2.75) is 6.92 Å². The standard InChI is InChI=1S/C10H7Cl2NO2/c1-4-5-2-3-6(11)7(12)9(5)13-8(4)10(14)15/h2-3,13H,1H3,(H,14,15). The van der Waals surface area contributed by atoms with Crippen LogP contribution in [0.25, 0.3) is 10.9 Å². The lowest BCUT2D eigenvalue weighted by molar-refractivity contribution is 0.0691. The second-order valence-electron chi connectivity index (χ2n) is 3.21. The summed E-state index contributed by atoms with van der Waals surface area (Å²) < 4.78 is 0. The van der Waals surface area contributed by atoms with Crippen molar-refractivity contribution < 1.29 is 9.90 Å². The fourth-order valence-corrected chi connectivity index (χ4v) is 1.92. The number of H-pyrrole nitrogens is 1. The summed E-state index contributed by atoms with van der Waals surface area (Å²) in [6, 6.07) is 3.40. The zero-order chi connectivity index (χ0) is 11.2. The minimum Gasteiger partial charge on any atom is -0.477 e. The molecule has 0 unspecified atom stereocenters. The molecule has 1 aromatic heterocycles. The Bertz CT molecular complexity index is 560. The monoisotopic (exact) mass is 243 g/mol. The van der Waals surface area contributed by atoms with Gasteiger partial charge in [0.05, 0.1) is 15.6 Å². The van der Waals surface area contributed by atoms with Gasteiger partial charge < -0.3 is 10.1 Å². The largest absolute Gasteiger partial charge is 0.477 e. The topological polar surface area (TPSA) is 53.1 Å². The Morgan fingerprint density at radius 2 is 2.07 bits per heavy atom. The van der Waals surface area contributed by atoms with E-state index in [0.29, 0.717) is 21.1 Å². The van der Waals surface area contributed by atoms with Crippen LogP contribution in [-0.4, -0.2) is 16.1 Å². The zero-order valence-corrected chi connectivity index (χ0v) is 9.28. The van der Waals surface area contributed by atoms with Gasteiger partial charge in [0.2, 0.25) is 0 Å². The molecular weight excluding hydrogens is 237 g/mol. The highest BCUT2D eigenvalue weighted by molar-refractivity contribution is 6.45. The Hall–Kier alpha value is -1.19. The molecule has 0 spiro atoms. The van der Waals surface area contributed by atoms with Crippen LogP contribution in [0, 0.1) is 6.92 Å². The van der Waals surface area contributed by atoms with Crippen molar-refractivity contribution in [1.82, 2.24) is 4.98 Å². The van der Waals surface area contributed by atoms with E-state index in [2.05, 4.69) is 4.98 Å². The third-order valence-corrected chi connectivity index (χ3v) is 3.14. The van der Waals surface area contributed by atoms with Crippen molar-refractivity contribution in [2.24, 2.45) is 0 Å². The van der Waals surface area contributed by atoms with Crippen LogP contribution in [0.5, 0.6) is 0 Å². The number of nitrogens with one attached hydrogen (secondary N) is 1. The number of carboxylic acid groups (broad SMARTS) is 1. The molecule has 2 aromatic rings. The maximum Gasteiger partial charge on any atom is 0.352 e. The van der Waals surface area contributed by atoms with E-state index in [0.717, 1.165) is 5.39 Å². The van der Waals surface area contributed by atoms with Gasteiger partial charge in [-0.25, -0.2) is 4.79 Å². The molecule has 0 aliphatic carbocycles. The number of carbonyl (C=O) groups is 1. The van der Waals surface area contributed by atoms with Gasteiger partial charge in [-0.2, -0.15) is 0 Å². The number of aromatic amines is 1. The molecule has 0 saturated heterocycles. The molecule has 0 amide bonds. The number of hydrogen-bond donors (Lipinski definition) is 2. The third-order valence-electron chi connectivity index (χ3n) is 2.34. The lowest BCUT2D eigenvalue weighted by atomic mass is 10.1. The Kier molecular flexibility index (Phi) is 2.37. The van der Waals surface area contributed by atoms with Gasteiger partial charge in [-0.05, 0) is 18.6 Å². The molecule has 1 heterocycles. The highest BCUT2D eigenvalue weighted by Gasteiger charge is 2.16. The first-order valence-electron chi connectivity index (χ1n) is 4.22. The number of aromatic carboxylic acids is 1. The van der Waals surface area contributed by atoms with Crippen molar-refractivity contribution in [3.05, 3.63) is 33.4 Å². The molecule has 78 valence electrons. The molecule has 5 heteroatoms. The number of fused-ring (bicyclic) bond motifs is 1. The molecule has 0 atom stereocenters. The van der Waals surface area contributed by atoms with E-state index in [1.807, 2.05) is 0 Å². The van der Waals surface area contributed by atoms with Crippen LogP contribution in [0.2, 0.25) is 10.0 Å². The molecule has 2 rings (SSSR count). The number of hydrogen-bond acceptors (Lipinski definition) is 1. The summed E-state index contributed by atoms with van der Waals surface area (Å²) in [5, 5.41) is 10.5. The first-order valence-corrected chi connectivity index (χ1v) is 4.97. The second kappa shape index (κ2) is 3.43. The van der Waals surface area contributed by atoms with E-state index >= 15 is 0 Å². The number of halogens is 2. The second-order valence-corrected chi connectivity index (χ2v) is 4.00. The summed E-state index contributed by atoms with van der Waals surface area (Å²) >= 11 is 11.8. The first-order chi connectivity index (χ1) is 7.02.